The molecule has 0 aliphatic carbocycles. The molecule has 0 saturated heterocycles. The minimum atomic E-state index is -0.304. The van der Waals surface area contributed by atoms with Crippen molar-refractivity contribution in [2.75, 3.05) is 5.43 Å². The summed E-state index contributed by atoms with van der Waals surface area (Å²) in [4.78, 5) is 16.1. The van der Waals surface area contributed by atoms with Crippen LogP contribution in [0.4, 0.5) is 5.82 Å². The third-order valence-electron chi connectivity index (χ3n) is 2.69. The molecule has 2 heterocycles. The molecule has 2 aromatic heterocycles. The van der Waals surface area contributed by atoms with Crippen molar-refractivity contribution < 1.29 is 4.79 Å². The molecule has 0 radical (unpaired) electrons. The number of nitrogens with one attached hydrogen (secondary N) is 2. The molecule has 8 nitrogen and oxygen atoms in total. The predicted molar refractivity (Wildman–Crippen MR) is 73.9 cm³/mol. The number of anilines is 1. The lowest BCUT2D eigenvalue weighted by Crippen LogP contribution is -2.28. The van der Waals surface area contributed by atoms with E-state index in [2.05, 4.69) is 25.9 Å². The normalized spacial score (nSPS) is 12.0. The van der Waals surface area contributed by atoms with Crippen LogP contribution >= 0.6 is 11.6 Å². The monoisotopic (exact) mass is 295 g/mol. The number of halogens is 1. The van der Waals surface area contributed by atoms with Crippen LogP contribution in [0.25, 0.3) is 0 Å². The molecule has 0 aliphatic rings. The summed E-state index contributed by atoms with van der Waals surface area (Å²) in [7, 11) is 1.80. The van der Waals surface area contributed by atoms with Crippen molar-refractivity contribution in [2.45, 2.75) is 13.0 Å². The molecule has 106 valence electrons. The van der Waals surface area contributed by atoms with Crippen molar-refractivity contribution in [3.8, 4) is 0 Å². The van der Waals surface area contributed by atoms with E-state index in [1.807, 2.05) is 6.92 Å². The molecule has 1 atom stereocenters. The third kappa shape index (κ3) is 3.03. The zero-order chi connectivity index (χ0) is 14.7. The van der Waals surface area contributed by atoms with Crippen LogP contribution in [0.2, 0.25) is 5.15 Å². The molecule has 2 aromatic rings. The van der Waals surface area contributed by atoms with Gasteiger partial charge in [-0.25, -0.2) is 10.8 Å². The number of hydrazine groups is 1. The van der Waals surface area contributed by atoms with Crippen LogP contribution in [-0.2, 0) is 7.05 Å². The molecule has 0 aliphatic heterocycles. The van der Waals surface area contributed by atoms with E-state index in [1.54, 1.807) is 17.9 Å². The number of aryl methyl sites for hydroxylation is 1. The van der Waals surface area contributed by atoms with E-state index >= 15 is 0 Å². The maximum atomic E-state index is 12.2. The summed E-state index contributed by atoms with van der Waals surface area (Å²) in [5, 5.41) is 10.7. The highest BCUT2D eigenvalue weighted by Gasteiger charge is 2.16. The summed E-state index contributed by atoms with van der Waals surface area (Å²) in [5.74, 6) is 5.92. The lowest BCUT2D eigenvalue weighted by Gasteiger charge is -2.13. The van der Waals surface area contributed by atoms with Crippen LogP contribution < -0.4 is 16.6 Å². The smallest absolute Gasteiger partial charge is 0.252 e. The van der Waals surface area contributed by atoms with Crippen molar-refractivity contribution in [1.29, 1.82) is 0 Å². The average Bonchev–Trinajstić information content (AvgIpc) is 2.84. The average molecular weight is 296 g/mol. The SMILES string of the molecule is CC(NC(=O)c1cc(Cl)nc(NN)c1)c1nncn1C. The van der Waals surface area contributed by atoms with E-state index in [4.69, 9.17) is 17.4 Å². The predicted octanol–water partition coefficient (Wildman–Crippen LogP) is 0.640. The van der Waals surface area contributed by atoms with Gasteiger partial charge in [0.05, 0.1) is 6.04 Å². The standard InChI is InChI=1S/C11H14ClN7O/c1-6(10-18-14-5-19(10)2)15-11(20)7-3-8(12)16-9(4-7)17-13/h3-6H,13H2,1-2H3,(H,15,20)(H,16,17). The fourth-order valence-electron chi connectivity index (χ4n) is 1.73. The highest BCUT2D eigenvalue weighted by Crippen LogP contribution is 2.15. The van der Waals surface area contributed by atoms with E-state index < -0.39 is 0 Å². The first kappa shape index (κ1) is 14.2. The number of nitrogens with zero attached hydrogens (tertiary/aromatic N) is 4. The second kappa shape index (κ2) is 5.85. The Labute approximate surface area is 120 Å². The number of nitrogens with two attached hydrogens (primary N) is 1. The number of hydrogen-bond acceptors (Lipinski definition) is 6. The molecular formula is C11H14ClN7O. The van der Waals surface area contributed by atoms with Crippen molar-refractivity contribution in [1.82, 2.24) is 25.1 Å². The van der Waals surface area contributed by atoms with Crippen LogP contribution in [0.1, 0.15) is 29.1 Å². The molecule has 0 spiro atoms. The molecular weight excluding hydrogens is 282 g/mol. The van der Waals surface area contributed by atoms with E-state index in [0.29, 0.717) is 17.2 Å². The van der Waals surface area contributed by atoms with Crippen LogP contribution in [0.3, 0.4) is 0 Å². The van der Waals surface area contributed by atoms with Gasteiger partial charge in [-0.3, -0.25) is 4.79 Å². The number of carbonyl (C=O) groups is 1. The molecule has 0 fully saturated rings. The Morgan fingerprint density at radius 2 is 2.25 bits per heavy atom. The Morgan fingerprint density at radius 3 is 2.85 bits per heavy atom. The topological polar surface area (TPSA) is 111 Å². The van der Waals surface area contributed by atoms with Crippen molar-refractivity contribution in [3.05, 3.63) is 35.0 Å². The van der Waals surface area contributed by atoms with E-state index in [1.165, 1.54) is 12.1 Å². The summed E-state index contributed by atoms with van der Waals surface area (Å²) in [6.45, 7) is 1.81. The van der Waals surface area contributed by atoms with Gasteiger partial charge in [0.15, 0.2) is 5.82 Å². The summed E-state index contributed by atoms with van der Waals surface area (Å²) >= 11 is 5.82. The van der Waals surface area contributed by atoms with Crippen LogP contribution in [0.15, 0.2) is 18.5 Å². The Balaban J connectivity index is 2.16. The van der Waals surface area contributed by atoms with E-state index in [-0.39, 0.29) is 17.1 Å². The maximum Gasteiger partial charge on any atom is 0.252 e. The summed E-state index contributed by atoms with van der Waals surface area (Å²) < 4.78 is 1.73. The number of hydrogen-bond donors (Lipinski definition) is 3. The van der Waals surface area contributed by atoms with Gasteiger partial charge in [0.25, 0.3) is 5.91 Å². The van der Waals surface area contributed by atoms with Gasteiger partial charge in [-0.05, 0) is 19.1 Å². The molecule has 0 bridgehead atoms. The minimum Gasteiger partial charge on any atom is -0.342 e. The summed E-state index contributed by atoms with van der Waals surface area (Å²) in [6.07, 6.45) is 1.57. The first-order valence-electron chi connectivity index (χ1n) is 5.80. The van der Waals surface area contributed by atoms with Gasteiger partial charge in [-0.2, -0.15) is 0 Å². The number of pyridine rings is 1. The van der Waals surface area contributed by atoms with Gasteiger partial charge >= 0.3 is 0 Å². The molecule has 9 heteroatoms. The second-order valence-corrected chi connectivity index (χ2v) is 4.59. The minimum absolute atomic E-state index is 0.178. The fourth-order valence-corrected chi connectivity index (χ4v) is 1.94. The van der Waals surface area contributed by atoms with Gasteiger partial charge in [0, 0.05) is 12.6 Å². The molecule has 20 heavy (non-hydrogen) atoms. The quantitative estimate of drug-likeness (QED) is 0.434. The van der Waals surface area contributed by atoms with Crippen molar-refractivity contribution in [2.24, 2.45) is 12.9 Å². The third-order valence-corrected chi connectivity index (χ3v) is 2.88. The van der Waals surface area contributed by atoms with Crippen LogP contribution in [0, 0.1) is 0 Å². The Kier molecular flexibility index (Phi) is 4.16. The zero-order valence-corrected chi connectivity index (χ0v) is 11.7. The number of rotatable bonds is 4. The second-order valence-electron chi connectivity index (χ2n) is 4.20. The molecule has 2 rings (SSSR count). The van der Waals surface area contributed by atoms with Crippen LogP contribution in [-0.4, -0.2) is 25.7 Å². The number of nitrogen functional groups attached to an aromatic ring is 1. The fraction of sp³-hybridized carbons (Fsp3) is 0.273. The first-order valence-corrected chi connectivity index (χ1v) is 6.18. The lowest BCUT2D eigenvalue weighted by molar-refractivity contribution is 0.0937. The largest absolute Gasteiger partial charge is 0.342 e. The highest BCUT2D eigenvalue weighted by molar-refractivity contribution is 6.29. The van der Waals surface area contributed by atoms with Gasteiger partial charge in [-0.15, -0.1) is 10.2 Å². The van der Waals surface area contributed by atoms with E-state index in [9.17, 15) is 4.79 Å². The number of amides is 1. The molecule has 1 unspecified atom stereocenters. The Morgan fingerprint density at radius 1 is 1.50 bits per heavy atom. The molecule has 1 amide bonds. The van der Waals surface area contributed by atoms with Gasteiger partial charge in [0.2, 0.25) is 0 Å². The molecule has 4 N–H and O–H groups in total. The number of carbonyl (C=O) groups excluding carboxylic acids is 1. The van der Waals surface area contributed by atoms with Gasteiger partial charge < -0.3 is 15.3 Å². The zero-order valence-electron chi connectivity index (χ0n) is 11.0. The highest BCUT2D eigenvalue weighted by atomic mass is 35.5. The maximum absolute atomic E-state index is 12.2. The summed E-state index contributed by atoms with van der Waals surface area (Å²) in [6, 6.07) is 2.67. The van der Waals surface area contributed by atoms with Gasteiger partial charge in [0.1, 0.15) is 17.3 Å². The molecule has 0 saturated carbocycles. The van der Waals surface area contributed by atoms with Crippen molar-refractivity contribution in [3.63, 3.8) is 0 Å². The first-order chi connectivity index (χ1) is 9.51. The van der Waals surface area contributed by atoms with Gasteiger partial charge in [-0.1, -0.05) is 11.6 Å². The Bertz CT molecular complexity index is 627. The molecule has 0 aromatic carbocycles. The number of aromatic nitrogens is 4. The lowest BCUT2D eigenvalue weighted by atomic mass is 10.2. The van der Waals surface area contributed by atoms with E-state index in [0.717, 1.165) is 0 Å². The van der Waals surface area contributed by atoms with Crippen LogP contribution in [0.5, 0.6) is 0 Å². The van der Waals surface area contributed by atoms with Crippen molar-refractivity contribution >= 4 is 23.3 Å². The Hall–Kier alpha value is -2.19. The summed E-state index contributed by atoms with van der Waals surface area (Å²) in [5.41, 5.74) is 2.70.